The van der Waals surface area contributed by atoms with E-state index in [4.69, 9.17) is 5.11 Å². The lowest BCUT2D eigenvalue weighted by Gasteiger charge is -2.18. The van der Waals surface area contributed by atoms with Crippen LogP contribution < -0.4 is 15.4 Å². The number of pyridine rings is 1. The minimum absolute atomic E-state index is 0. The summed E-state index contributed by atoms with van der Waals surface area (Å²) in [6, 6.07) is 3.13. The maximum absolute atomic E-state index is 12.2. The number of hydrogen-bond donors (Lipinski definition) is 3. The summed E-state index contributed by atoms with van der Waals surface area (Å²) in [5.74, 6) is 0.891. The van der Waals surface area contributed by atoms with Gasteiger partial charge in [0.15, 0.2) is 12.6 Å². The second-order valence-electron chi connectivity index (χ2n) is 6.15. The molecule has 1 aromatic rings. The molecule has 0 aliphatic heterocycles. The highest BCUT2D eigenvalue weighted by Gasteiger charge is 2.28. The molecule has 0 radical (unpaired) electrons. The van der Waals surface area contributed by atoms with Crippen LogP contribution in [0.2, 0.25) is 0 Å². The molecule has 0 aromatic carbocycles. The molecule has 6 nitrogen and oxygen atoms in total. The van der Waals surface area contributed by atoms with Gasteiger partial charge in [-0.15, -0.1) is 24.0 Å². The van der Waals surface area contributed by atoms with Crippen LogP contribution in [-0.4, -0.2) is 48.5 Å². The van der Waals surface area contributed by atoms with Crippen molar-refractivity contribution in [1.29, 1.82) is 0 Å². The zero-order valence-electron chi connectivity index (χ0n) is 16.3. The number of hydrogen-bond acceptors (Lipinski definition) is 4. The molecule has 1 aromatic heterocycles. The lowest BCUT2D eigenvalue weighted by Crippen LogP contribution is -2.40. The minimum Gasteiger partial charge on any atom is -0.468 e. The summed E-state index contributed by atoms with van der Waals surface area (Å²) in [6.45, 7) is 4.48. The maximum Gasteiger partial charge on any atom is 0.422 e. The van der Waals surface area contributed by atoms with E-state index in [2.05, 4.69) is 32.3 Å². The Hall–Kier alpha value is -1.30. The molecule has 0 saturated carbocycles. The van der Waals surface area contributed by atoms with Gasteiger partial charge in [0.2, 0.25) is 5.88 Å². The van der Waals surface area contributed by atoms with Gasteiger partial charge in [0.25, 0.3) is 0 Å². The van der Waals surface area contributed by atoms with Gasteiger partial charge < -0.3 is 20.5 Å². The van der Waals surface area contributed by atoms with Gasteiger partial charge in [0.05, 0.1) is 6.54 Å². The number of nitrogens with zero attached hydrogens (tertiary/aromatic N) is 2. The number of ether oxygens (including phenoxy) is 1. The van der Waals surface area contributed by atoms with Crippen molar-refractivity contribution < 1.29 is 23.0 Å². The summed E-state index contributed by atoms with van der Waals surface area (Å²) in [4.78, 5) is 8.23. The standard InChI is InChI=1S/C18H29F3N4O2.HI/c1-3-5-14(7-9-26)11-24-17(22-4-2)25-12-15-6-8-23-16(10-15)27-13-18(19,20)21;/h6,8,10,14,26H,3-5,7,9,11-13H2,1-2H3,(H2,22,24,25);1H. The first-order valence-electron chi connectivity index (χ1n) is 9.15. The number of nitrogens with one attached hydrogen (secondary N) is 2. The van der Waals surface area contributed by atoms with Crippen LogP contribution in [0.1, 0.15) is 38.7 Å². The van der Waals surface area contributed by atoms with Crippen LogP contribution in [0.15, 0.2) is 23.3 Å². The van der Waals surface area contributed by atoms with E-state index in [1.807, 2.05) is 6.92 Å². The Morgan fingerprint density at radius 3 is 2.64 bits per heavy atom. The van der Waals surface area contributed by atoms with Crippen molar-refractivity contribution in [2.75, 3.05) is 26.3 Å². The van der Waals surface area contributed by atoms with Gasteiger partial charge in [-0.2, -0.15) is 13.2 Å². The van der Waals surface area contributed by atoms with E-state index in [0.29, 0.717) is 30.5 Å². The van der Waals surface area contributed by atoms with E-state index in [0.717, 1.165) is 19.3 Å². The summed E-state index contributed by atoms with van der Waals surface area (Å²) in [7, 11) is 0. The molecule has 0 aliphatic carbocycles. The first kappa shape index (κ1) is 26.7. The Kier molecular flexibility index (Phi) is 14.0. The zero-order valence-corrected chi connectivity index (χ0v) is 18.6. The Bertz CT molecular complexity index is 568. The summed E-state index contributed by atoms with van der Waals surface area (Å²) < 4.78 is 41.4. The number of guanidine groups is 1. The van der Waals surface area contributed by atoms with Crippen LogP contribution in [-0.2, 0) is 6.54 Å². The van der Waals surface area contributed by atoms with Crippen molar-refractivity contribution in [3.63, 3.8) is 0 Å². The lowest BCUT2D eigenvalue weighted by atomic mass is 10.0. The molecular weight excluding hydrogens is 488 g/mol. The molecule has 0 saturated heterocycles. The minimum atomic E-state index is -4.40. The highest BCUT2D eigenvalue weighted by atomic mass is 127. The molecular formula is C18H30F3IN4O2. The summed E-state index contributed by atoms with van der Waals surface area (Å²) in [5, 5.41) is 15.5. The molecule has 28 heavy (non-hydrogen) atoms. The molecule has 162 valence electrons. The van der Waals surface area contributed by atoms with Crippen molar-refractivity contribution in [3.8, 4) is 5.88 Å². The van der Waals surface area contributed by atoms with Crippen LogP contribution in [0.3, 0.4) is 0 Å². The van der Waals surface area contributed by atoms with Crippen LogP contribution in [0.25, 0.3) is 0 Å². The third-order valence-corrected chi connectivity index (χ3v) is 3.74. The number of halogens is 4. The quantitative estimate of drug-likeness (QED) is 0.238. The lowest BCUT2D eigenvalue weighted by molar-refractivity contribution is -0.154. The van der Waals surface area contributed by atoms with E-state index in [9.17, 15) is 13.2 Å². The number of aliphatic hydroxyl groups excluding tert-OH is 1. The molecule has 10 heteroatoms. The number of rotatable bonds is 11. The van der Waals surface area contributed by atoms with Gasteiger partial charge in [-0.3, -0.25) is 0 Å². The zero-order chi connectivity index (χ0) is 20.1. The van der Waals surface area contributed by atoms with E-state index >= 15 is 0 Å². The topological polar surface area (TPSA) is 78.8 Å². The van der Waals surface area contributed by atoms with Crippen LogP contribution in [0.4, 0.5) is 13.2 Å². The van der Waals surface area contributed by atoms with Gasteiger partial charge in [-0.05, 0) is 37.3 Å². The first-order valence-corrected chi connectivity index (χ1v) is 9.15. The van der Waals surface area contributed by atoms with E-state index in [-0.39, 0.29) is 43.0 Å². The third-order valence-electron chi connectivity index (χ3n) is 3.74. The van der Waals surface area contributed by atoms with Crippen molar-refractivity contribution >= 4 is 29.9 Å². The van der Waals surface area contributed by atoms with Crippen LogP contribution in [0.5, 0.6) is 5.88 Å². The average molecular weight is 518 g/mol. The van der Waals surface area contributed by atoms with Gasteiger partial charge >= 0.3 is 6.18 Å². The molecule has 0 fully saturated rings. The predicted molar refractivity (Wildman–Crippen MR) is 114 cm³/mol. The van der Waals surface area contributed by atoms with E-state index in [1.165, 1.54) is 12.3 Å². The Morgan fingerprint density at radius 1 is 1.29 bits per heavy atom. The molecule has 0 amide bonds. The number of aliphatic imine (C=N–C) groups is 1. The van der Waals surface area contributed by atoms with Crippen LogP contribution >= 0.6 is 24.0 Å². The molecule has 3 N–H and O–H groups in total. The number of aliphatic hydroxyl groups is 1. The predicted octanol–water partition coefficient (Wildman–Crippen LogP) is 3.49. The molecule has 1 heterocycles. The smallest absolute Gasteiger partial charge is 0.422 e. The normalized spacial score (nSPS) is 12.9. The maximum atomic E-state index is 12.2. The Balaban J connectivity index is 0.00000729. The summed E-state index contributed by atoms with van der Waals surface area (Å²) in [6.07, 6.45) is -0.226. The SMILES string of the molecule is CCCC(CCO)CNC(=NCc1ccnc(OCC(F)(F)F)c1)NCC.I. The van der Waals surface area contributed by atoms with Gasteiger partial charge in [0.1, 0.15) is 0 Å². The highest BCUT2D eigenvalue weighted by molar-refractivity contribution is 14.0. The third kappa shape index (κ3) is 12.2. The summed E-state index contributed by atoms with van der Waals surface area (Å²) >= 11 is 0. The number of alkyl halides is 3. The second-order valence-corrected chi connectivity index (χ2v) is 6.15. The number of aromatic nitrogens is 1. The first-order chi connectivity index (χ1) is 12.9. The van der Waals surface area contributed by atoms with Crippen molar-refractivity contribution in [2.24, 2.45) is 10.9 Å². The highest BCUT2D eigenvalue weighted by Crippen LogP contribution is 2.17. The fraction of sp³-hybridized carbons (Fsp3) is 0.667. The largest absolute Gasteiger partial charge is 0.468 e. The molecule has 1 rings (SSSR count). The second kappa shape index (κ2) is 14.7. The fourth-order valence-corrected chi connectivity index (χ4v) is 2.48. The molecule has 1 unspecified atom stereocenters. The van der Waals surface area contributed by atoms with Crippen molar-refractivity contribution in [2.45, 2.75) is 45.8 Å². The van der Waals surface area contributed by atoms with Crippen molar-refractivity contribution in [1.82, 2.24) is 15.6 Å². The van der Waals surface area contributed by atoms with Crippen LogP contribution in [0, 0.1) is 5.92 Å². The van der Waals surface area contributed by atoms with Crippen molar-refractivity contribution in [3.05, 3.63) is 23.9 Å². The van der Waals surface area contributed by atoms with E-state index in [1.54, 1.807) is 6.07 Å². The fourth-order valence-electron chi connectivity index (χ4n) is 2.48. The molecule has 0 bridgehead atoms. The van der Waals surface area contributed by atoms with Gasteiger partial charge in [0, 0.05) is 32.0 Å². The molecule has 0 spiro atoms. The summed E-state index contributed by atoms with van der Waals surface area (Å²) in [5.41, 5.74) is 0.694. The Morgan fingerprint density at radius 2 is 2.04 bits per heavy atom. The molecule has 0 aliphatic rings. The monoisotopic (exact) mass is 518 g/mol. The van der Waals surface area contributed by atoms with E-state index < -0.39 is 12.8 Å². The average Bonchev–Trinajstić information content (AvgIpc) is 2.62. The van der Waals surface area contributed by atoms with Gasteiger partial charge in [-0.1, -0.05) is 13.3 Å². The molecule has 1 atom stereocenters. The Labute approximate surface area is 181 Å². The van der Waals surface area contributed by atoms with Gasteiger partial charge in [-0.25, -0.2) is 9.98 Å².